The smallest absolute Gasteiger partial charge is 0.282 e. The summed E-state index contributed by atoms with van der Waals surface area (Å²) in [6.45, 7) is 1.96. The molecule has 1 aliphatic carbocycles. The third-order valence-electron chi connectivity index (χ3n) is 5.46. The lowest BCUT2D eigenvalue weighted by atomic mass is 9.79. The van der Waals surface area contributed by atoms with Gasteiger partial charge in [0.1, 0.15) is 0 Å². The summed E-state index contributed by atoms with van der Waals surface area (Å²) in [7, 11) is -3.33. The fourth-order valence-corrected chi connectivity index (χ4v) is 6.28. The van der Waals surface area contributed by atoms with Gasteiger partial charge in [0.25, 0.3) is 10.2 Å². The van der Waals surface area contributed by atoms with Crippen molar-refractivity contribution in [2.75, 3.05) is 19.6 Å². The maximum Gasteiger partial charge on any atom is 0.282 e. The zero-order chi connectivity index (χ0) is 14.9. The van der Waals surface area contributed by atoms with E-state index in [1.165, 1.54) is 0 Å². The van der Waals surface area contributed by atoms with Gasteiger partial charge in [0.15, 0.2) is 0 Å². The topological polar surface area (TPSA) is 60.9 Å². The van der Waals surface area contributed by atoms with Crippen LogP contribution in [0.1, 0.15) is 57.8 Å². The van der Waals surface area contributed by atoms with Crippen LogP contribution in [-0.4, -0.2) is 53.9 Å². The maximum absolute atomic E-state index is 12.9. The molecule has 3 aliphatic rings. The van der Waals surface area contributed by atoms with Crippen molar-refractivity contribution in [1.29, 1.82) is 0 Å². The second-order valence-corrected chi connectivity index (χ2v) is 8.68. The number of hydrogen-bond donors (Lipinski definition) is 1. The maximum atomic E-state index is 12.9. The molecule has 0 spiro atoms. The van der Waals surface area contributed by atoms with Crippen LogP contribution in [0.15, 0.2) is 0 Å². The summed E-state index contributed by atoms with van der Waals surface area (Å²) < 4.78 is 29.2. The van der Waals surface area contributed by atoms with Gasteiger partial charge in [0, 0.05) is 31.6 Å². The van der Waals surface area contributed by atoms with Gasteiger partial charge in [0.2, 0.25) is 0 Å². The predicted octanol–water partition coefficient (Wildman–Crippen LogP) is 1.73. The normalized spacial score (nSPS) is 36.9. The molecule has 3 unspecified atom stereocenters. The van der Waals surface area contributed by atoms with E-state index in [1.54, 1.807) is 8.61 Å². The molecular formula is C15H28N2O3S. The molecule has 1 N–H and O–H groups in total. The Kier molecular flexibility index (Phi) is 4.88. The average molecular weight is 316 g/mol. The van der Waals surface area contributed by atoms with Crippen molar-refractivity contribution in [3.8, 4) is 0 Å². The number of aliphatic hydroxyl groups excluding tert-OH is 1. The molecule has 3 rings (SSSR count). The zero-order valence-electron chi connectivity index (χ0n) is 12.8. The second-order valence-electron chi connectivity index (χ2n) is 6.80. The van der Waals surface area contributed by atoms with Gasteiger partial charge in [-0.15, -0.1) is 0 Å². The molecule has 1 saturated carbocycles. The van der Waals surface area contributed by atoms with Gasteiger partial charge >= 0.3 is 0 Å². The minimum atomic E-state index is -3.33. The third kappa shape index (κ3) is 3.14. The first-order valence-electron chi connectivity index (χ1n) is 8.55. The van der Waals surface area contributed by atoms with Crippen molar-refractivity contribution in [1.82, 2.24) is 8.61 Å². The molecule has 2 saturated heterocycles. The number of aliphatic hydroxyl groups is 1. The summed E-state index contributed by atoms with van der Waals surface area (Å²) in [5, 5.41) is 10.3. The summed E-state index contributed by atoms with van der Waals surface area (Å²) in [5.74, 6) is 0.136. The molecule has 3 atom stereocenters. The van der Waals surface area contributed by atoms with Crippen molar-refractivity contribution in [2.45, 2.75) is 69.9 Å². The van der Waals surface area contributed by atoms with Gasteiger partial charge in [-0.05, 0) is 38.5 Å². The molecule has 5 nitrogen and oxygen atoms in total. The molecule has 0 radical (unpaired) electrons. The van der Waals surface area contributed by atoms with E-state index in [0.29, 0.717) is 19.6 Å². The molecule has 0 amide bonds. The molecule has 21 heavy (non-hydrogen) atoms. The van der Waals surface area contributed by atoms with Crippen LogP contribution in [0, 0.1) is 5.92 Å². The fourth-order valence-electron chi connectivity index (χ4n) is 4.30. The van der Waals surface area contributed by atoms with E-state index in [-0.39, 0.29) is 18.1 Å². The van der Waals surface area contributed by atoms with Crippen LogP contribution in [0.2, 0.25) is 0 Å². The molecule has 0 aromatic heterocycles. The highest BCUT2D eigenvalue weighted by atomic mass is 32.2. The van der Waals surface area contributed by atoms with Crippen LogP contribution in [0.3, 0.4) is 0 Å². The predicted molar refractivity (Wildman–Crippen MR) is 82.0 cm³/mol. The highest BCUT2D eigenvalue weighted by Gasteiger charge is 2.43. The van der Waals surface area contributed by atoms with Crippen LogP contribution >= 0.6 is 0 Å². The first kappa shape index (κ1) is 15.7. The number of piperidine rings is 1. The lowest BCUT2D eigenvalue weighted by Crippen LogP contribution is -2.54. The molecular weight excluding hydrogens is 288 g/mol. The summed E-state index contributed by atoms with van der Waals surface area (Å²) in [5.41, 5.74) is 0. The zero-order valence-corrected chi connectivity index (χ0v) is 13.6. The Bertz CT molecular complexity index is 448. The molecule has 0 aromatic rings. The second kappa shape index (κ2) is 6.52. The summed E-state index contributed by atoms with van der Waals surface area (Å²) in [4.78, 5) is 0. The van der Waals surface area contributed by atoms with Crippen LogP contribution in [-0.2, 0) is 10.2 Å². The van der Waals surface area contributed by atoms with Gasteiger partial charge in [0.05, 0.1) is 6.10 Å². The van der Waals surface area contributed by atoms with E-state index in [2.05, 4.69) is 0 Å². The van der Waals surface area contributed by atoms with Gasteiger partial charge in [-0.25, -0.2) is 0 Å². The van der Waals surface area contributed by atoms with Crippen molar-refractivity contribution in [3.63, 3.8) is 0 Å². The highest BCUT2D eigenvalue weighted by Crippen LogP contribution is 2.36. The monoisotopic (exact) mass is 316 g/mol. The van der Waals surface area contributed by atoms with Crippen LogP contribution in [0.4, 0.5) is 0 Å². The molecule has 0 bridgehead atoms. The van der Waals surface area contributed by atoms with E-state index in [0.717, 1.165) is 57.8 Å². The largest absolute Gasteiger partial charge is 0.393 e. The van der Waals surface area contributed by atoms with Crippen molar-refractivity contribution in [2.24, 2.45) is 5.92 Å². The Morgan fingerprint density at radius 2 is 1.43 bits per heavy atom. The summed E-state index contributed by atoms with van der Waals surface area (Å²) in [6.07, 6.45) is 8.57. The average Bonchev–Trinajstić information content (AvgIpc) is 3.03. The van der Waals surface area contributed by atoms with E-state index >= 15 is 0 Å². The molecule has 3 fully saturated rings. The Balaban J connectivity index is 1.80. The van der Waals surface area contributed by atoms with E-state index in [1.807, 2.05) is 0 Å². The van der Waals surface area contributed by atoms with Gasteiger partial charge in [-0.3, -0.25) is 0 Å². The number of hydrogen-bond acceptors (Lipinski definition) is 3. The van der Waals surface area contributed by atoms with Crippen LogP contribution in [0.5, 0.6) is 0 Å². The number of nitrogens with zero attached hydrogens (tertiary/aromatic N) is 2. The van der Waals surface area contributed by atoms with Crippen molar-refractivity contribution in [3.05, 3.63) is 0 Å². The molecule has 6 heteroatoms. The van der Waals surface area contributed by atoms with Crippen molar-refractivity contribution < 1.29 is 13.5 Å². The van der Waals surface area contributed by atoms with Gasteiger partial charge < -0.3 is 5.11 Å². The lowest BCUT2D eigenvalue weighted by Gasteiger charge is -2.43. The first-order chi connectivity index (χ1) is 10.1. The minimum absolute atomic E-state index is 0.0136. The fraction of sp³-hybridized carbons (Fsp3) is 1.00. The van der Waals surface area contributed by atoms with E-state index < -0.39 is 10.2 Å². The Hall–Kier alpha value is -0.170. The van der Waals surface area contributed by atoms with Gasteiger partial charge in [-0.1, -0.05) is 19.3 Å². The van der Waals surface area contributed by atoms with Crippen LogP contribution in [0.25, 0.3) is 0 Å². The standard InChI is InChI=1S/C15H28N2O3S/c18-15-9-2-1-7-13(15)14-8-3-4-12-17(14)21(19,20)16-10-5-6-11-16/h13-15,18H,1-12H2. The Morgan fingerprint density at radius 1 is 0.810 bits per heavy atom. The van der Waals surface area contributed by atoms with Crippen molar-refractivity contribution >= 4 is 10.2 Å². The lowest BCUT2D eigenvalue weighted by molar-refractivity contribution is 0.0190. The Labute approximate surface area is 128 Å². The minimum Gasteiger partial charge on any atom is -0.393 e. The van der Waals surface area contributed by atoms with Gasteiger partial charge in [-0.2, -0.15) is 17.0 Å². The quantitative estimate of drug-likeness (QED) is 0.862. The Morgan fingerprint density at radius 3 is 2.14 bits per heavy atom. The third-order valence-corrected chi connectivity index (χ3v) is 7.53. The highest BCUT2D eigenvalue weighted by molar-refractivity contribution is 7.86. The molecule has 0 aromatic carbocycles. The number of rotatable bonds is 3. The van der Waals surface area contributed by atoms with E-state index in [9.17, 15) is 13.5 Å². The van der Waals surface area contributed by atoms with E-state index in [4.69, 9.17) is 0 Å². The molecule has 2 aliphatic heterocycles. The van der Waals surface area contributed by atoms with Crippen LogP contribution < -0.4 is 0 Å². The SMILES string of the molecule is O=S(=O)(N1CCCC1)N1CCCCC1C1CCCCC1O. The molecule has 122 valence electrons. The summed E-state index contributed by atoms with van der Waals surface area (Å²) in [6, 6.07) is 0.0136. The summed E-state index contributed by atoms with van der Waals surface area (Å²) >= 11 is 0. The molecule has 2 heterocycles. The first-order valence-corrected chi connectivity index (χ1v) is 9.95.